The fraction of sp³-hybridized carbons (Fsp3) is 0.310. The molecule has 0 bridgehead atoms. The summed E-state index contributed by atoms with van der Waals surface area (Å²) in [4.78, 5) is 30.1. The zero-order valence-corrected chi connectivity index (χ0v) is 22.6. The van der Waals surface area contributed by atoms with Crippen molar-refractivity contribution in [3.05, 3.63) is 82.4 Å². The topological polar surface area (TPSA) is 98.9 Å². The molecule has 2 amide bonds. The highest BCUT2D eigenvalue weighted by Gasteiger charge is 2.34. The highest BCUT2D eigenvalue weighted by atomic mass is 35.5. The van der Waals surface area contributed by atoms with E-state index in [2.05, 4.69) is 10.2 Å². The first-order valence-electron chi connectivity index (χ1n) is 12.9. The molecule has 4 N–H and O–H groups in total. The maximum atomic E-state index is 13.3. The Hall–Kier alpha value is -3.76. The van der Waals surface area contributed by atoms with Crippen LogP contribution in [-0.2, 0) is 6.18 Å². The number of halogens is 4. The molecule has 0 radical (unpaired) electrons. The number of hydrogen-bond acceptors (Lipinski definition) is 5. The number of piperazine rings is 1. The normalized spacial score (nSPS) is 15.7. The Balaban J connectivity index is 1.62. The third-order valence-corrected chi connectivity index (χ3v) is 7.28. The second-order valence-electron chi connectivity index (χ2n) is 9.49. The van der Waals surface area contributed by atoms with Crippen molar-refractivity contribution in [3.8, 4) is 16.9 Å². The Morgan fingerprint density at radius 3 is 2.48 bits per heavy atom. The lowest BCUT2D eigenvalue weighted by molar-refractivity contribution is -0.137. The molecule has 11 heteroatoms. The molecular formula is C29H30ClF3N4O3. The quantitative estimate of drug-likeness (QED) is 0.362. The molecule has 7 nitrogen and oxygen atoms in total. The zero-order chi connectivity index (χ0) is 29.0. The lowest BCUT2D eigenvalue weighted by Crippen LogP contribution is -2.55. The van der Waals surface area contributed by atoms with Gasteiger partial charge >= 0.3 is 6.18 Å². The molecule has 1 heterocycles. The molecule has 3 aromatic rings. The van der Waals surface area contributed by atoms with Crippen molar-refractivity contribution in [2.24, 2.45) is 5.73 Å². The van der Waals surface area contributed by atoms with Gasteiger partial charge in [-0.2, -0.15) is 13.2 Å². The van der Waals surface area contributed by atoms with Gasteiger partial charge in [0.15, 0.2) is 0 Å². The summed E-state index contributed by atoms with van der Waals surface area (Å²) in [5, 5.41) is 12.9. The minimum atomic E-state index is -4.56. The smallest absolute Gasteiger partial charge is 0.416 e. The lowest BCUT2D eigenvalue weighted by atomic mass is 9.98. The Morgan fingerprint density at radius 1 is 1.07 bits per heavy atom. The number of rotatable bonds is 7. The summed E-state index contributed by atoms with van der Waals surface area (Å²) >= 11 is 6.09. The SMILES string of the molecule is CC[C@@H]1CN(C(=O)c2ccc(C(F)(F)F)cc2Cl)CCN1c1ccc(-c2ccccc2O)cc1C(=O)NCCN. The van der Waals surface area contributed by atoms with Crippen LogP contribution in [0.4, 0.5) is 18.9 Å². The van der Waals surface area contributed by atoms with Crippen LogP contribution in [0.25, 0.3) is 11.1 Å². The van der Waals surface area contributed by atoms with Crippen LogP contribution < -0.4 is 16.0 Å². The van der Waals surface area contributed by atoms with Crippen LogP contribution in [-0.4, -0.2) is 60.6 Å². The average molecular weight is 575 g/mol. The van der Waals surface area contributed by atoms with Crippen LogP contribution in [0.3, 0.4) is 0 Å². The number of nitrogens with two attached hydrogens (primary N) is 1. The molecule has 1 saturated heterocycles. The van der Waals surface area contributed by atoms with Gasteiger partial charge in [-0.25, -0.2) is 0 Å². The monoisotopic (exact) mass is 574 g/mol. The fourth-order valence-electron chi connectivity index (χ4n) is 4.88. The van der Waals surface area contributed by atoms with Gasteiger partial charge in [0.1, 0.15) is 5.75 Å². The molecule has 0 spiro atoms. The molecule has 0 aromatic heterocycles. The molecule has 4 rings (SSSR count). The number of carbonyl (C=O) groups excluding carboxylic acids is 2. The van der Waals surface area contributed by atoms with E-state index in [1.807, 2.05) is 19.1 Å². The maximum Gasteiger partial charge on any atom is 0.416 e. The summed E-state index contributed by atoms with van der Waals surface area (Å²) in [5.74, 6) is -0.681. The molecule has 1 aliphatic heterocycles. The fourth-order valence-corrected chi connectivity index (χ4v) is 5.14. The highest BCUT2D eigenvalue weighted by Crippen LogP contribution is 2.35. The largest absolute Gasteiger partial charge is 0.507 e. The first-order valence-corrected chi connectivity index (χ1v) is 13.3. The van der Waals surface area contributed by atoms with Crippen molar-refractivity contribution in [1.82, 2.24) is 10.2 Å². The number of carbonyl (C=O) groups is 2. The molecule has 0 aliphatic carbocycles. The van der Waals surface area contributed by atoms with E-state index in [0.29, 0.717) is 35.3 Å². The molecule has 0 unspecified atom stereocenters. The molecule has 1 atom stereocenters. The summed E-state index contributed by atoms with van der Waals surface area (Å²) in [7, 11) is 0. The number of hydrogen-bond donors (Lipinski definition) is 3. The summed E-state index contributed by atoms with van der Waals surface area (Å²) in [5.41, 5.74) is 6.99. The third-order valence-electron chi connectivity index (χ3n) is 6.96. The number of anilines is 1. The van der Waals surface area contributed by atoms with Crippen LogP contribution in [0.5, 0.6) is 5.75 Å². The predicted molar refractivity (Wildman–Crippen MR) is 149 cm³/mol. The van der Waals surface area contributed by atoms with E-state index in [1.165, 1.54) is 0 Å². The van der Waals surface area contributed by atoms with Crippen molar-refractivity contribution in [2.75, 3.05) is 37.6 Å². The standard InChI is InChI=1S/C29H30ClF3N4O3/c1-2-20-17-36(28(40)22-9-8-19(16-24(22)30)29(31,32)33)13-14-37(20)25-10-7-18(21-5-3-4-6-26(21)38)15-23(25)27(39)35-12-11-34/h3-10,15-16,20,38H,2,11-14,17,34H2,1H3,(H,35,39)/t20-/m1/s1. The Morgan fingerprint density at radius 2 is 1.82 bits per heavy atom. The van der Waals surface area contributed by atoms with Gasteiger partial charge in [-0.1, -0.05) is 42.8 Å². The number of nitrogens with one attached hydrogen (secondary N) is 1. The van der Waals surface area contributed by atoms with Crippen LogP contribution in [0.1, 0.15) is 39.6 Å². The van der Waals surface area contributed by atoms with E-state index in [4.69, 9.17) is 17.3 Å². The Kier molecular flexibility index (Phi) is 8.90. The van der Waals surface area contributed by atoms with Crippen LogP contribution in [0.15, 0.2) is 60.7 Å². The summed E-state index contributed by atoms with van der Waals surface area (Å²) < 4.78 is 39.1. The Bertz CT molecular complexity index is 1400. The number of aromatic hydroxyl groups is 1. The highest BCUT2D eigenvalue weighted by molar-refractivity contribution is 6.33. The minimum Gasteiger partial charge on any atom is -0.507 e. The van der Waals surface area contributed by atoms with Gasteiger partial charge in [-0.15, -0.1) is 0 Å². The molecule has 0 saturated carbocycles. The minimum absolute atomic E-state index is 0.00634. The number of alkyl halides is 3. The number of benzene rings is 3. The van der Waals surface area contributed by atoms with Crippen LogP contribution in [0, 0.1) is 0 Å². The number of amides is 2. The van der Waals surface area contributed by atoms with Crippen LogP contribution >= 0.6 is 11.6 Å². The van der Waals surface area contributed by atoms with E-state index in [1.54, 1.807) is 35.2 Å². The van der Waals surface area contributed by atoms with Gasteiger partial charge in [0, 0.05) is 50.0 Å². The summed E-state index contributed by atoms with van der Waals surface area (Å²) in [6, 6.07) is 14.8. The molecule has 212 valence electrons. The first kappa shape index (κ1) is 29.2. The number of para-hydroxylation sites is 1. The van der Waals surface area contributed by atoms with E-state index in [9.17, 15) is 27.9 Å². The van der Waals surface area contributed by atoms with E-state index in [0.717, 1.165) is 18.2 Å². The molecule has 1 aliphatic rings. The van der Waals surface area contributed by atoms with E-state index < -0.39 is 17.6 Å². The number of phenols is 1. The van der Waals surface area contributed by atoms with Gasteiger partial charge in [0.05, 0.1) is 21.7 Å². The van der Waals surface area contributed by atoms with Gasteiger partial charge in [0.2, 0.25) is 0 Å². The summed E-state index contributed by atoms with van der Waals surface area (Å²) in [6.07, 6.45) is -3.93. The zero-order valence-electron chi connectivity index (χ0n) is 21.8. The number of phenolic OH excluding ortho intramolecular Hbond substituents is 1. The average Bonchev–Trinajstić information content (AvgIpc) is 2.94. The van der Waals surface area contributed by atoms with Crippen molar-refractivity contribution >= 4 is 29.1 Å². The predicted octanol–water partition coefficient (Wildman–Crippen LogP) is 5.16. The van der Waals surface area contributed by atoms with Gasteiger partial charge in [-0.05, 0) is 48.4 Å². The third kappa shape index (κ3) is 6.18. The van der Waals surface area contributed by atoms with E-state index in [-0.39, 0.29) is 54.5 Å². The maximum absolute atomic E-state index is 13.3. The van der Waals surface area contributed by atoms with Crippen molar-refractivity contribution < 1.29 is 27.9 Å². The Labute approximate surface area is 235 Å². The molecule has 1 fully saturated rings. The van der Waals surface area contributed by atoms with Crippen molar-refractivity contribution in [1.29, 1.82) is 0 Å². The van der Waals surface area contributed by atoms with Crippen LogP contribution in [0.2, 0.25) is 5.02 Å². The second kappa shape index (κ2) is 12.2. The van der Waals surface area contributed by atoms with Gasteiger partial charge < -0.3 is 26.0 Å². The second-order valence-corrected chi connectivity index (χ2v) is 9.90. The molecule has 40 heavy (non-hydrogen) atoms. The molecular weight excluding hydrogens is 545 g/mol. The first-order chi connectivity index (χ1) is 19.0. The van der Waals surface area contributed by atoms with Crippen molar-refractivity contribution in [2.45, 2.75) is 25.6 Å². The van der Waals surface area contributed by atoms with Crippen molar-refractivity contribution in [3.63, 3.8) is 0 Å². The summed E-state index contributed by atoms with van der Waals surface area (Å²) in [6.45, 7) is 3.46. The molecule has 3 aromatic carbocycles. The lowest BCUT2D eigenvalue weighted by Gasteiger charge is -2.43. The van der Waals surface area contributed by atoms with Gasteiger partial charge in [0.25, 0.3) is 11.8 Å². The van der Waals surface area contributed by atoms with Gasteiger partial charge in [-0.3, -0.25) is 9.59 Å². The number of nitrogens with zero attached hydrogens (tertiary/aromatic N) is 2. The van der Waals surface area contributed by atoms with E-state index >= 15 is 0 Å².